The van der Waals surface area contributed by atoms with Gasteiger partial charge in [-0.1, -0.05) is 28.1 Å². The largest absolute Gasteiger partial charge is 0.381 e. The molecule has 0 aliphatic rings. The molecule has 0 spiro atoms. The van der Waals surface area contributed by atoms with Crippen LogP contribution in [0.25, 0.3) is 0 Å². The van der Waals surface area contributed by atoms with E-state index in [9.17, 15) is 4.79 Å². The summed E-state index contributed by atoms with van der Waals surface area (Å²) in [6.45, 7) is 2.76. The summed E-state index contributed by atoms with van der Waals surface area (Å²) in [5, 5.41) is 3.34. The summed E-state index contributed by atoms with van der Waals surface area (Å²) < 4.78 is 1.10. The van der Waals surface area contributed by atoms with Crippen LogP contribution in [0, 0.1) is 6.92 Å². The summed E-state index contributed by atoms with van der Waals surface area (Å²) in [7, 11) is 0. The van der Waals surface area contributed by atoms with Crippen molar-refractivity contribution in [3.05, 3.63) is 63.6 Å². The highest BCUT2D eigenvalue weighted by molar-refractivity contribution is 9.10. The van der Waals surface area contributed by atoms with Gasteiger partial charge >= 0.3 is 0 Å². The third-order valence-corrected chi connectivity index (χ3v) is 3.78. The first-order valence-electron chi connectivity index (χ1n) is 5.95. The van der Waals surface area contributed by atoms with Crippen molar-refractivity contribution < 1.29 is 4.79 Å². The third-order valence-electron chi connectivity index (χ3n) is 2.89. The number of carbonyl (C=O) groups is 1. The van der Waals surface area contributed by atoms with Crippen LogP contribution in [-0.4, -0.2) is 5.91 Å². The molecule has 0 radical (unpaired) electrons. The number of halogens is 1. The maximum absolute atomic E-state index is 11.0. The summed E-state index contributed by atoms with van der Waals surface area (Å²) in [5.41, 5.74) is 9.09. The van der Waals surface area contributed by atoms with Crippen molar-refractivity contribution in [3.8, 4) is 0 Å². The lowest BCUT2D eigenvalue weighted by molar-refractivity contribution is 0.100. The normalized spacial score (nSPS) is 10.2. The topological polar surface area (TPSA) is 55.1 Å². The fourth-order valence-corrected chi connectivity index (χ4v) is 1.99. The fourth-order valence-electron chi connectivity index (χ4n) is 1.75. The zero-order chi connectivity index (χ0) is 13.8. The molecule has 4 heteroatoms. The van der Waals surface area contributed by atoms with Gasteiger partial charge in [0.1, 0.15) is 0 Å². The van der Waals surface area contributed by atoms with Gasteiger partial charge in [-0.05, 0) is 48.4 Å². The molecule has 2 aromatic carbocycles. The number of carbonyl (C=O) groups excluding carboxylic acids is 1. The maximum atomic E-state index is 11.0. The number of hydrogen-bond acceptors (Lipinski definition) is 2. The zero-order valence-electron chi connectivity index (χ0n) is 10.6. The first-order chi connectivity index (χ1) is 9.06. The number of anilines is 1. The van der Waals surface area contributed by atoms with Crippen molar-refractivity contribution in [1.82, 2.24) is 0 Å². The van der Waals surface area contributed by atoms with Gasteiger partial charge in [-0.25, -0.2) is 0 Å². The molecule has 0 aliphatic heterocycles. The minimum Gasteiger partial charge on any atom is -0.381 e. The van der Waals surface area contributed by atoms with Gasteiger partial charge in [0.25, 0.3) is 0 Å². The number of rotatable bonds is 4. The molecule has 0 saturated carbocycles. The van der Waals surface area contributed by atoms with Crippen LogP contribution in [0.3, 0.4) is 0 Å². The SMILES string of the molecule is Cc1cc(NCc2ccc(C(N)=O)cc2)ccc1Br. The standard InChI is InChI=1S/C15H15BrN2O/c1-10-8-13(6-7-14(10)16)18-9-11-2-4-12(5-3-11)15(17)19/h2-8,18H,9H2,1H3,(H2,17,19). The van der Waals surface area contributed by atoms with E-state index in [1.807, 2.05) is 24.3 Å². The Balaban J connectivity index is 2.01. The molecule has 2 aromatic rings. The summed E-state index contributed by atoms with van der Waals surface area (Å²) in [5.74, 6) is -0.400. The predicted molar refractivity (Wildman–Crippen MR) is 81.2 cm³/mol. The summed E-state index contributed by atoms with van der Waals surface area (Å²) >= 11 is 3.48. The second-order valence-electron chi connectivity index (χ2n) is 4.38. The van der Waals surface area contributed by atoms with Crippen molar-refractivity contribution in [2.24, 2.45) is 5.73 Å². The molecular weight excluding hydrogens is 304 g/mol. The third kappa shape index (κ3) is 3.58. The zero-order valence-corrected chi connectivity index (χ0v) is 12.2. The smallest absolute Gasteiger partial charge is 0.248 e. The van der Waals surface area contributed by atoms with Gasteiger partial charge in [0, 0.05) is 22.3 Å². The van der Waals surface area contributed by atoms with Gasteiger partial charge in [0.05, 0.1) is 0 Å². The van der Waals surface area contributed by atoms with Crippen LogP contribution in [0.4, 0.5) is 5.69 Å². The van der Waals surface area contributed by atoms with Crippen molar-refractivity contribution in [2.45, 2.75) is 13.5 Å². The van der Waals surface area contributed by atoms with E-state index in [0.29, 0.717) is 12.1 Å². The highest BCUT2D eigenvalue weighted by Gasteiger charge is 2.00. The van der Waals surface area contributed by atoms with Gasteiger partial charge in [0.15, 0.2) is 0 Å². The van der Waals surface area contributed by atoms with Crippen LogP contribution in [0.2, 0.25) is 0 Å². The van der Waals surface area contributed by atoms with Gasteiger partial charge in [-0.2, -0.15) is 0 Å². The Morgan fingerprint density at radius 2 is 1.89 bits per heavy atom. The molecular formula is C15H15BrN2O. The van der Waals surface area contributed by atoms with Crippen molar-refractivity contribution in [2.75, 3.05) is 5.32 Å². The molecule has 0 fully saturated rings. The van der Waals surface area contributed by atoms with E-state index in [4.69, 9.17) is 5.73 Å². The summed E-state index contributed by atoms with van der Waals surface area (Å²) in [4.78, 5) is 11.0. The van der Waals surface area contributed by atoms with Crippen molar-refractivity contribution in [1.29, 1.82) is 0 Å². The predicted octanol–water partition coefficient (Wildman–Crippen LogP) is 3.47. The highest BCUT2D eigenvalue weighted by Crippen LogP contribution is 2.20. The Hall–Kier alpha value is -1.81. The van der Waals surface area contributed by atoms with E-state index in [0.717, 1.165) is 15.7 Å². The quantitative estimate of drug-likeness (QED) is 0.906. The first kappa shape index (κ1) is 13.6. The minimum absolute atomic E-state index is 0.400. The molecule has 0 saturated heterocycles. The molecule has 0 atom stereocenters. The van der Waals surface area contributed by atoms with Gasteiger partial charge in [-0.15, -0.1) is 0 Å². The van der Waals surface area contributed by atoms with E-state index in [-0.39, 0.29) is 0 Å². The van der Waals surface area contributed by atoms with Gasteiger partial charge in [0.2, 0.25) is 5.91 Å². The van der Waals surface area contributed by atoms with Crippen LogP contribution in [0.15, 0.2) is 46.9 Å². The van der Waals surface area contributed by atoms with Gasteiger partial charge < -0.3 is 11.1 Å². The molecule has 0 heterocycles. The van der Waals surface area contributed by atoms with Crippen LogP contribution >= 0.6 is 15.9 Å². The van der Waals surface area contributed by atoms with E-state index in [1.54, 1.807) is 12.1 Å². The second kappa shape index (κ2) is 5.89. The molecule has 2 rings (SSSR count). The molecule has 0 aliphatic carbocycles. The number of hydrogen-bond donors (Lipinski definition) is 2. The second-order valence-corrected chi connectivity index (χ2v) is 5.23. The molecule has 1 amide bonds. The lowest BCUT2D eigenvalue weighted by Gasteiger charge is -2.08. The van der Waals surface area contributed by atoms with Crippen LogP contribution in [0.1, 0.15) is 21.5 Å². The van der Waals surface area contributed by atoms with Gasteiger partial charge in [-0.3, -0.25) is 4.79 Å². The number of nitrogens with one attached hydrogen (secondary N) is 1. The molecule has 98 valence electrons. The number of primary amides is 1. The van der Waals surface area contributed by atoms with Crippen LogP contribution in [0.5, 0.6) is 0 Å². The molecule has 0 aromatic heterocycles. The number of aryl methyl sites for hydroxylation is 1. The average Bonchev–Trinajstić information content (AvgIpc) is 2.40. The Morgan fingerprint density at radius 3 is 2.47 bits per heavy atom. The summed E-state index contributed by atoms with van der Waals surface area (Å²) in [6, 6.07) is 13.4. The van der Waals surface area contributed by atoms with Crippen molar-refractivity contribution >= 4 is 27.5 Å². The fraction of sp³-hybridized carbons (Fsp3) is 0.133. The Kier molecular flexibility index (Phi) is 4.22. The van der Waals surface area contributed by atoms with E-state index in [1.165, 1.54) is 5.56 Å². The molecule has 19 heavy (non-hydrogen) atoms. The first-order valence-corrected chi connectivity index (χ1v) is 6.74. The minimum atomic E-state index is -0.400. The molecule has 3 nitrogen and oxygen atoms in total. The Bertz CT molecular complexity index is 594. The Labute approximate surface area is 121 Å². The van der Waals surface area contributed by atoms with E-state index < -0.39 is 5.91 Å². The number of benzene rings is 2. The van der Waals surface area contributed by atoms with E-state index in [2.05, 4.69) is 34.2 Å². The van der Waals surface area contributed by atoms with Crippen molar-refractivity contribution in [3.63, 3.8) is 0 Å². The average molecular weight is 319 g/mol. The van der Waals surface area contributed by atoms with Crippen LogP contribution in [-0.2, 0) is 6.54 Å². The molecule has 0 bridgehead atoms. The lowest BCUT2D eigenvalue weighted by atomic mass is 10.1. The molecule has 3 N–H and O–H groups in total. The monoisotopic (exact) mass is 318 g/mol. The maximum Gasteiger partial charge on any atom is 0.248 e. The summed E-state index contributed by atoms with van der Waals surface area (Å²) in [6.07, 6.45) is 0. The van der Waals surface area contributed by atoms with Crippen LogP contribution < -0.4 is 11.1 Å². The Morgan fingerprint density at radius 1 is 1.21 bits per heavy atom. The molecule has 0 unspecified atom stereocenters. The highest BCUT2D eigenvalue weighted by atomic mass is 79.9. The van der Waals surface area contributed by atoms with E-state index >= 15 is 0 Å². The number of nitrogens with two attached hydrogens (primary N) is 1. The number of amides is 1. The lowest BCUT2D eigenvalue weighted by Crippen LogP contribution is -2.10.